The van der Waals surface area contributed by atoms with E-state index in [1.165, 1.54) is 11.8 Å². The van der Waals surface area contributed by atoms with Gasteiger partial charge >= 0.3 is 0 Å². The molecular formula is C25H29N7O2S. The Morgan fingerprint density at radius 1 is 1.23 bits per heavy atom. The summed E-state index contributed by atoms with van der Waals surface area (Å²) in [5, 5.41) is 22.9. The molecule has 0 unspecified atom stereocenters. The monoisotopic (exact) mass is 491 g/mol. The van der Waals surface area contributed by atoms with Crippen molar-refractivity contribution in [2.45, 2.75) is 62.4 Å². The van der Waals surface area contributed by atoms with E-state index >= 15 is 0 Å². The lowest BCUT2D eigenvalue weighted by atomic mass is 10.0. The SMILES string of the molecule is Cc1cnc(Sc2cc(NCC(C)(C)O)c3ncc(-c4ccc(C(=O)NC5CC5)c(C)c4)n3n2)[nH]1. The van der Waals surface area contributed by atoms with Gasteiger partial charge in [0.05, 0.1) is 23.2 Å². The molecular weight excluding hydrogens is 462 g/mol. The molecule has 1 aliphatic carbocycles. The molecule has 1 fully saturated rings. The fourth-order valence-electron chi connectivity index (χ4n) is 3.74. The molecule has 9 nitrogen and oxygen atoms in total. The summed E-state index contributed by atoms with van der Waals surface area (Å²) >= 11 is 1.42. The number of carbonyl (C=O) groups is 1. The Balaban J connectivity index is 1.53. The third-order valence-electron chi connectivity index (χ3n) is 5.72. The Kier molecular flexibility index (Phi) is 6.02. The van der Waals surface area contributed by atoms with E-state index < -0.39 is 5.60 Å². The van der Waals surface area contributed by atoms with Crippen molar-refractivity contribution in [2.24, 2.45) is 0 Å². The molecule has 1 aromatic carbocycles. The van der Waals surface area contributed by atoms with Crippen LogP contribution in [0.5, 0.6) is 0 Å². The molecule has 1 saturated carbocycles. The first kappa shape index (κ1) is 23.4. The minimum absolute atomic E-state index is 0.0293. The molecule has 4 N–H and O–H groups in total. The third kappa shape index (κ3) is 5.33. The van der Waals surface area contributed by atoms with Gasteiger partial charge in [-0.05, 0) is 76.1 Å². The van der Waals surface area contributed by atoms with Gasteiger partial charge in [0.25, 0.3) is 5.91 Å². The quantitative estimate of drug-likeness (QED) is 0.294. The minimum atomic E-state index is -0.894. The number of aromatic nitrogens is 5. The Morgan fingerprint density at radius 3 is 2.69 bits per heavy atom. The first-order valence-electron chi connectivity index (χ1n) is 11.6. The first-order chi connectivity index (χ1) is 16.7. The van der Waals surface area contributed by atoms with E-state index in [0.29, 0.717) is 23.8 Å². The summed E-state index contributed by atoms with van der Waals surface area (Å²) in [6.07, 6.45) is 5.67. The number of H-pyrrole nitrogens is 1. The van der Waals surface area contributed by atoms with Gasteiger partial charge in [-0.1, -0.05) is 6.07 Å². The molecule has 1 aliphatic rings. The van der Waals surface area contributed by atoms with Crippen molar-refractivity contribution in [3.05, 3.63) is 53.5 Å². The van der Waals surface area contributed by atoms with Crippen molar-refractivity contribution in [2.75, 3.05) is 11.9 Å². The number of hydrogen-bond donors (Lipinski definition) is 4. The van der Waals surface area contributed by atoms with Crippen LogP contribution in [-0.2, 0) is 0 Å². The highest BCUT2D eigenvalue weighted by Gasteiger charge is 2.25. The van der Waals surface area contributed by atoms with Crippen molar-refractivity contribution in [1.29, 1.82) is 0 Å². The summed E-state index contributed by atoms with van der Waals surface area (Å²) in [4.78, 5) is 24.8. The number of fused-ring (bicyclic) bond motifs is 1. The van der Waals surface area contributed by atoms with Crippen LogP contribution in [-0.4, -0.2) is 53.8 Å². The van der Waals surface area contributed by atoms with Gasteiger partial charge in [0.2, 0.25) is 0 Å². The van der Waals surface area contributed by atoms with Crippen LogP contribution in [0, 0.1) is 13.8 Å². The average Bonchev–Trinajstić information content (AvgIpc) is 3.34. The number of anilines is 1. The van der Waals surface area contributed by atoms with E-state index in [4.69, 9.17) is 5.10 Å². The summed E-state index contributed by atoms with van der Waals surface area (Å²) in [5.41, 5.74) is 4.78. The Hall–Kier alpha value is -3.37. The van der Waals surface area contributed by atoms with Crippen LogP contribution in [0.25, 0.3) is 16.9 Å². The van der Waals surface area contributed by atoms with Crippen LogP contribution in [0.2, 0.25) is 0 Å². The summed E-state index contributed by atoms with van der Waals surface area (Å²) in [7, 11) is 0. The molecule has 0 aliphatic heterocycles. The van der Waals surface area contributed by atoms with Crippen LogP contribution in [0.3, 0.4) is 0 Å². The van der Waals surface area contributed by atoms with Gasteiger partial charge < -0.3 is 20.7 Å². The smallest absolute Gasteiger partial charge is 0.251 e. The van der Waals surface area contributed by atoms with Crippen molar-refractivity contribution in [3.8, 4) is 11.3 Å². The molecule has 35 heavy (non-hydrogen) atoms. The number of imidazole rings is 2. The van der Waals surface area contributed by atoms with Crippen LogP contribution in [0.1, 0.15) is 48.3 Å². The van der Waals surface area contributed by atoms with E-state index in [1.54, 1.807) is 30.8 Å². The van der Waals surface area contributed by atoms with E-state index in [0.717, 1.165) is 51.2 Å². The lowest BCUT2D eigenvalue weighted by molar-refractivity contribution is 0.0940. The summed E-state index contributed by atoms with van der Waals surface area (Å²) in [6, 6.07) is 8.01. The predicted octanol–water partition coefficient (Wildman–Crippen LogP) is 3.96. The Labute approximate surface area is 207 Å². The molecule has 0 bridgehead atoms. The maximum Gasteiger partial charge on any atom is 0.251 e. The average molecular weight is 492 g/mol. The highest BCUT2D eigenvalue weighted by Crippen LogP contribution is 2.31. The largest absolute Gasteiger partial charge is 0.389 e. The molecule has 0 spiro atoms. The standard InChI is InChI=1S/C25H29N7O2S/c1-14-9-16(5-8-18(14)23(33)30-17-6-7-17)20-12-26-22-19(28-13-25(3,4)34)10-21(31-32(20)22)35-24-27-11-15(2)29-24/h5,8-12,17,28,34H,6-7,13H2,1-4H3,(H,27,29)(H,30,33). The van der Waals surface area contributed by atoms with Gasteiger partial charge in [0.15, 0.2) is 10.8 Å². The molecule has 0 saturated heterocycles. The van der Waals surface area contributed by atoms with E-state index in [1.807, 2.05) is 38.1 Å². The molecule has 182 valence electrons. The van der Waals surface area contributed by atoms with Gasteiger partial charge in [0.1, 0.15) is 5.03 Å². The minimum Gasteiger partial charge on any atom is -0.389 e. The van der Waals surface area contributed by atoms with Crippen LogP contribution < -0.4 is 10.6 Å². The van der Waals surface area contributed by atoms with Crippen LogP contribution in [0.4, 0.5) is 5.69 Å². The molecule has 5 rings (SSSR count). The number of rotatable bonds is 8. The lowest BCUT2D eigenvalue weighted by Crippen LogP contribution is -2.29. The number of carbonyl (C=O) groups excluding carboxylic acids is 1. The highest BCUT2D eigenvalue weighted by molar-refractivity contribution is 7.99. The number of aliphatic hydroxyl groups is 1. The fourth-order valence-corrected chi connectivity index (χ4v) is 4.56. The molecule has 4 aromatic rings. The van der Waals surface area contributed by atoms with Crippen LogP contribution in [0.15, 0.2) is 46.8 Å². The molecule has 0 atom stereocenters. The molecule has 0 radical (unpaired) electrons. The van der Waals surface area contributed by atoms with Gasteiger partial charge in [-0.15, -0.1) is 0 Å². The summed E-state index contributed by atoms with van der Waals surface area (Å²) in [6.45, 7) is 7.75. The number of amides is 1. The topological polar surface area (TPSA) is 120 Å². The number of benzene rings is 1. The fraction of sp³-hybridized carbons (Fsp3) is 0.360. The van der Waals surface area contributed by atoms with Gasteiger partial charge in [0, 0.05) is 35.6 Å². The molecule has 3 aromatic heterocycles. The zero-order chi connectivity index (χ0) is 24.7. The predicted molar refractivity (Wildman–Crippen MR) is 136 cm³/mol. The molecule has 3 heterocycles. The second kappa shape index (κ2) is 9.01. The Bertz CT molecular complexity index is 1400. The number of nitrogens with one attached hydrogen (secondary N) is 3. The number of aryl methyl sites for hydroxylation is 2. The third-order valence-corrected chi connectivity index (χ3v) is 6.53. The summed E-state index contributed by atoms with van der Waals surface area (Å²) < 4.78 is 1.80. The first-order valence-corrected chi connectivity index (χ1v) is 12.4. The van der Waals surface area contributed by atoms with Gasteiger partial charge in [-0.3, -0.25) is 4.79 Å². The van der Waals surface area contributed by atoms with Crippen LogP contribution >= 0.6 is 11.8 Å². The lowest BCUT2D eigenvalue weighted by Gasteiger charge is -2.19. The number of nitrogens with zero attached hydrogens (tertiary/aromatic N) is 4. The van der Waals surface area contributed by atoms with Crippen molar-refractivity contribution >= 4 is 29.0 Å². The second-order valence-electron chi connectivity index (χ2n) is 9.69. The normalized spacial score (nSPS) is 13.9. The number of aromatic amines is 1. The van der Waals surface area contributed by atoms with Gasteiger partial charge in [-0.25, -0.2) is 14.5 Å². The zero-order valence-electron chi connectivity index (χ0n) is 20.2. The van der Waals surface area contributed by atoms with Crippen molar-refractivity contribution in [3.63, 3.8) is 0 Å². The van der Waals surface area contributed by atoms with E-state index in [-0.39, 0.29) is 5.91 Å². The van der Waals surface area contributed by atoms with E-state index in [2.05, 4.69) is 25.6 Å². The van der Waals surface area contributed by atoms with E-state index in [9.17, 15) is 9.90 Å². The van der Waals surface area contributed by atoms with Gasteiger partial charge in [-0.2, -0.15) is 5.10 Å². The zero-order valence-corrected chi connectivity index (χ0v) is 21.0. The van der Waals surface area contributed by atoms with Crippen molar-refractivity contribution < 1.29 is 9.90 Å². The summed E-state index contributed by atoms with van der Waals surface area (Å²) in [5.74, 6) is -0.0293. The Morgan fingerprint density at radius 2 is 2.03 bits per heavy atom. The maximum atomic E-state index is 12.6. The highest BCUT2D eigenvalue weighted by atomic mass is 32.2. The molecule has 10 heteroatoms. The molecule has 1 amide bonds. The maximum absolute atomic E-state index is 12.6. The van der Waals surface area contributed by atoms with Crippen molar-refractivity contribution in [1.82, 2.24) is 29.9 Å². The number of hydrogen-bond acceptors (Lipinski definition) is 7. The second-order valence-corrected chi connectivity index (χ2v) is 10.7.